The van der Waals surface area contributed by atoms with Crippen molar-refractivity contribution in [3.63, 3.8) is 0 Å². The lowest BCUT2D eigenvalue weighted by atomic mass is 9.84. The molecule has 0 bridgehead atoms. The maximum Gasteiger partial charge on any atom is 0.245 e. The molecule has 132 valence electrons. The molecule has 0 spiro atoms. The van der Waals surface area contributed by atoms with Gasteiger partial charge < -0.3 is 9.80 Å². The molecule has 3 aliphatic rings. The van der Waals surface area contributed by atoms with Crippen LogP contribution in [0.3, 0.4) is 0 Å². The second-order valence-electron chi connectivity index (χ2n) is 7.64. The van der Waals surface area contributed by atoms with Gasteiger partial charge in [-0.05, 0) is 43.0 Å². The summed E-state index contributed by atoms with van der Waals surface area (Å²) in [6, 6.07) is 2.55. The number of hydrogen-bond donors (Lipinski definition) is 0. The number of likely N-dealkylation sites (tertiary alicyclic amines) is 1. The Balaban J connectivity index is 1.40. The Hall–Kier alpha value is -1.69. The number of hydrogen-bond acceptors (Lipinski definition) is 5. The van der Waals surface area contributed by atoms with Crippen LogP contribution < -0.4 is 4.90 Å². The average Bonchev–Trinajstić information content (AvgIpc) is 3.24. The van der Waals surface area contributed by atoms with Crippen LogP contribution in [0.25, 0.3) is 10.2 Å². The van der Waals surface area contributed by atoms with Crippen LogP contribution >= 0.6 is 11.3 Å². The van der Waals surface area contributed by atoms with Crippen LogP contribution in [-0.2, 0) is 4.79 Å². The maximum atomic E-state index is 13.3. The molecule has 0 N–H and O–H groups in total. The van der Waals surface area contributed by atoms with Crippen LogP contribution in [-0.4, -0.2) is 45.9 Å². The first-order chi connectivity index (χ1) is 12.3. The zero-order chi connectivity index (χ0) is 16.8. The van der Waals surface area contributed by atoms with Gasteiger partial charge in [-0.1, -0.05) is 19.3 Å². The second kappa shape index (κ2) is 6.24. The normalized spacial score (nSPS) is 29.4. The van der Waals surface area contributed by atoms with Gasteiger partial charge in [0.15, 0.2) is 0 Å². The van der Waals surface area contributed by atoms with Gasteiger partial charge in [-0.3, -0.25) is 4.79 Å². The predicted octanol–water partition coefficient (Wildman–Crippen LogP) is 3.45. The second-order valence-corrected chi connectivity index (χ2v) is 8.54. The van der Waals surface area contributed by atoms with Crippen LogP contribution in [0.4, 0.5) is 5.82 Å². The summed E-state index contributed by atoms with van der Waals surface area (Å²) in [5, 5.41) is 3.14. The molecule has 2 aromatic heterocycles. The summed E-state index contributed by atoms with van der Waals surface area (Å²) in [6.07, 6.45) is 10.1. The van der Waals surface area contributed by atoms with E-state index >= 15 is 0 Å². The Morgan fingerprint density at radius 1 is 1.12 bits per heavy atom. The van der Waals surface area contributed by atoms with E-state index in [1.165, 1.54) is 32.1 Å². The van der Waals surface area contributed by atoms with Crippen LogP contribution in [0.2, 0.25) is 0 Å². The molecule has 3 unspecified atom stereocenters. The minimum atomic E-state index is -0.0396. The third-order valence-electron chi connectivity index (χ3n) is 6.28. The van der Waals surface area contributed by atoms with Crippen molar-refractivity contribution < 1.29 is 4.79 Å². The molecule has 25 heavy (non-hydrogen) atoms. The Morgan fingerprint density at radius 3 is 3.00 bits per heavy atom. The molecule has 6 heteroatoms. The van der Waals surface area contributed by atoms with E-state index in [1.807, 2.05) is 0 Å². The highest BCUT2D eigenvalue weighted by Gasteiger charge is 2.46. The van der Waals surface area contributed by atoms with E-state index in [1.54, 1.807) is 17.7 Å². The number of anilines is 1. The number of rotatable bonds is 2. The van der Waals surface area contributed by atoms with Crippen molar-refractivity contribution in [2.45, 2.75) is 57.0 Å². The van der Waals surface area contributed by atoms with Gasteiger partial charge in [0.05, 0.1) is 5.39 Å². The van der Waals surface area contributed by atoms with Gasteiger partial charge in [-0.2, -0.15) is 0 Å². The summed E-state index contributed by atoms with van der Waals surface area (Å²) in [6.45, 7) is 1.89. The molecule has 0 aromatic carbocycles. The monoisotopic (exact) mass is 356 g/mol. The van der Waals surface area contributed by atoms with Gasteiger partial charge in [0, 0.05) is 19.1 Å². The van der Waals surface area contributed by atoms with Crippen LogP contribution in [0.15, 0.2) is 17.8 Å². The first-order valence-electron chi connectivity index (χ1n) is 9.58. The van der Waals surface area contributed by atoms with Gasteiger partial charge in [-0.25, -0.2) is 9.97 Å². The Bertz CT molecular complexity index is 791. The third-order valence-corrected chi connectivity index (χ3v) is 7.10. The zero-order valence-corrected chi connectivity index (χ0v) is 15.2. The summed E-state index contributed by atoms with van der Waals surface area (Å²) in [5.74, 6) is 2.03. The average molecular weight is 356 g/mol. The molecule has 5 nitrogen and oxygen atoms in total. The lowest BCUT2D eigenvalue weighted by Gasteiger charge is -2.49. The number of aromatic nitrogens is 2. The summed E-state index contributed by atoms with van der Waals surface area (Å²) in [5.41, 5.74) is 0. The summed E-state index contributed by atoms with van der Waals surface area (Å²) in [7, 11) is 0. The van der Waals surface area contributed by atoms with Gasteiger partial charge in [0.25, 0.3) is 0 Å². The summed E-state index contributed by atoms with van der Waals surface area (Å²) < 4.78 is 0. The van der Waals surface area contributed by atoms with Crippen molar-refractivity contribution >= 4 is 33.3 Å². The molecule has 2 aromatic rings. The highest BCUT2D eigenvalue weighted by Crippen LogP contribution is 2.39. The summed E-state index contributed by atoms with van der Waals surface area (Å²) in [4.78, 5) is 27.6. The molecule has 1 amide bonds. The standard InChI is InChI=1S/C19H24N4OS/c24-19(23-11-13-5-2-1-3-6-15(13)23)16-7-4-9-22(16)17-14-8-10-25-18(14)21-12-20-17/h8,10,12-13,15-16H,1-7,9,11H2. The molecule has 2 aliphatic heterocycles. The van der Waals surface area contributed by atoms with E-state index in [-0.39, 0.29) is 6.04 Å². The van der Waals surface area contributed by atoms with E-state index < -0.39 is 0 Å². The number of carbonyl (C=O) groups excluding carboxylic acids is 1. The molecule has 4 heterocycles. The van der Waals surface area contributed by atoms with Crippen molar-refractivity contribution in [1.82, 2.24) is 14.9 Å². The molecule has 5 rings (SSSR count). The third kappa shape index (κ3) is 2.53. The van der Waals surface area contributed by atoms with Crippen molar-refractivity contribution in [3.8, 4) is 0 Å². The Labute approximate surface area is 152 Å². The number of carbonyl (C=O) groups is 1. The number of fused-ring (bicyclic) bond motifs is 2. The fourth-order valence-corrected chi connectivity index (χ4v) is 5.69. The first-order valence-corrected chi connectivity index (χ1v) is 10.5. The molecule has 0 radical (unpaired) electrons. The lowest BCUT2D eigenvalue weighted by molar-refractivity contribution is -0.145. The molecule has 1 saturated carbocycles. The molecule has 2 saturated heterocycles. The first kappa shape index (κ1) is 15.6. The largest absolute Gasteiger partial charge is 0.344 e. The van der Waals surface area contributed by atoms with Crippen molar-refractivity contribution in [2.75, 3.05) is 18.0 Å². The minimum Gasteiger partial charge on any atom is -0.344 e. The van der Waals surface area contributed by atoms with Gasteiger partial charge in [0.2, 0.25) is 5.91 Å². The highest BCUT2D eigenvalue weighted by atomic mass is 32.1. The topological polar surface area (TPSA) is 49.3 Å². The highest BCUT2D eigenvalue weighted by molar-refractivity contribution is 7.16. The zero-order valence-electron chi connectivity index (χ0n) is 14.4. The Morgan fingerprint density at radius 2 is 2.04 bits per heavy atom. The smallest absolute Gasteiger partial charge is 0.245 e. The van der Waals surface area contributed by atoms with E-state index in [0.29, 0.717) is 11.9 Å². The van der Waals surface area contributed by atoms with Gasteiger partial charge in [-0.15, -0.1) is 11.3 Å². The fourth-order valence-electron chi connectivity index (χ4n) is 4.97. The van der Waals surface area contributed by atoms with Crippen molar-refractivity contribution in [3.05, 3.63) is 17.8 Å². The maximum absolute atomic E-state index is 13.3. The molecular weight excluding hydrogens is 332 g/mol. The number of nitrogens with zero attached hydrogens (tertiary/aromatic N) is 4. The lowest BCUT2D eigenvalue weighted by Crippen LogP contribution is -2.62. The van der Waals surface area contributed by atoms with Crippen LogP contribution in [0.5, 0.6) is 0 Å². The Kier molecular flexibility index (Phi) is 3.88. The van der Waals surface area contributed by atoms with E-state index in [9.17, 15) is 4.79 Å². The predicted molar refractivity (Wildman–Crippen MR) is 99.9 cm³/mol. The number of thiophene rings is 1. The van der Waals surface area contributed by atoms with Gasteiger partial charge >= 0.3 is 0 Å². The summed E-state index contributed by atoms with van der Waals surface area (Å²) >= 11 is 1.64. The SMILES string of the molecule is O=C(C1CCCN1c1ncnc2sccc12)N1CC2CCCCCC21. The van der Waals surface area contributed by atoms with E-state index in [4.69, 9.17) is 0 Å². The van der Waals surface area contributed by atoms with Gasteiger partial charge in [0.1, 0.15) is 23.0 Å². The van der Waals surface area contributed by atoms with Crippen molar-refractivity contribution in [2.24, 2.45) is 5.92 Å². The molecular formula is C19H24N4OS. The number of amides is 1. The molecule has 1 aliphatic carbocycles. The minimum absolute atomic E-state index is 0.0396. The quantitative estimate of drug-likeness (QED) is 0.827. The van der Waals surface area contributed by atoms with Crippen molar-refractivity contribution in [1.29, 1.82) is 0 Å². The fraction of sp³-hybridized carbons (Fsp3) is 0.632. The van der Waals surface area contributed by atoms with E-state index in [2.05, 4.69) is 31.2 Å². The van der Waals surface area contributed by atoms with E-state index in [0.717, 1.165) is 47.9 Å². The van der Waals surface area contributed by atoms with Crippen LogP contribution in [0, 0.1) is 5.92 Å². The molecule has 3 fully saturated rings. The van der Waals surface area contributed by atoms with Crippen LogP contribution in [0.1, 0.15) is 44.9 Å². The molecule has 3 atom stereocenters.